The SMILES string of the molecule is CCC1CCCCCN1C(C)C(C)O. The van der Waals surface area contributed by atoms with E-state index in [2.05, 4.69) is 18.7 Å². The summed E-state index contributed by atoms with van der Waals surface area (Å²) in [5, 5.41) is 9.64. The molecule has 0 aromatic heterocycles. The second-order valence-corrected chi connectivity index (χ2v) is 4.63. The first-order valence-electron chi connectivity index (χ1n) is 6.10. The predicted octanol–water partition coefficient (Wildman–Crippen LogP) is 2.41. The molecule has 0 saturated carbocycles. The number of hydrogen-bond donors (Lipinski definition) is 1. The Bertz CT molecular complexity index is 158. The first-order valence-corrected chi connectivity index (χ1v) is 6.10. The van der Waals surface area contributed by atoms with Crippen LogP contribution in [0.4, 0.5) is 0 Å². The van der Waals surface area contributed by atoms with Crippen molar-refractivity contribution in [3.05, 3.63) is 0 Å². The third kappa shape index (κ3) is 2.96. The van der Waals surface area contributed by atoms with Crippen LogP contribution in [0.1, 0.15) is 52.9 Å². The molecular formula is C12H25NO. The highest BCUT2D eigenvalue weighted by Gasteiger charge is 2.26. The Labute approximate surface area is 88.3 Å². The molecule has 0 radical (unpaired) electrons. The molecule has 0 aromatic rings. The lowest BCUT2D eigenvalue weighted by atomic mass is 10.0. The summed E-state index contributed by atoms with van der Waals surface area (Å²) in [5.74, 6) is 0. The Morgan fingerprint density at radius 2 is 2.00 bits per heavy atom. The van der Waals surface area contributed by atoms with Gasteiger partial charge >= 0.3 is 0 Å². The van der Waals surface area contributed by atoms with E-state index in [1.165, 1.54) is 38.6 Å². The molecule has 1 fully saturated rings. The highest BCUT2D eigenvalue weighted by atomic mass is 16.3. The van der Waals surface area contributed by atoms with Gasteiger partial charge in [-0.2, -0.15) is 0 Å². The zero-order valence-electron chi connectivity index (χ0n) is 9.87. The van der Waals surface area contributed by atoms with Gasteiger partial charge in [0.2, 0.25) is 0 Å². The number of nitrogens with zero attached hydrogens (tertiary/aromatic N) is 1. The molecule has 84 valence electrons. The van der Waals surface area contributed by atoms with Gasteiger partial charge in [0.25, 0.3) is 0 Å². The average Bonchev–Trinajstić information content (AvgIpc) is 2.40. The van der Waals surface area contributed by atoms with Gasteiger partial charge in [-0.25, -0.2) is 0 Å². The van der Waals surface area contributed by atoms with Gasteiger partial charge < -0.3 is 5.11 Å². The van der Waals surface area contributed by atoms with Crippen LogP contribution in [-0.2, 0) is 0 Å². The van der Waals surface area contributed by atoms with E-state index in [4.69, 9.17) is 0 Å². The topological polar surface area (TPSA) is 23.5 Å². The van der Waals surface area contributed by atoms with E-state index in [-0.39, 0.29) is 6.10 Å². The summed E-state index contributed by atoms with van der Waals surface area (Å²) in [6.45, 7) is 7.49. The molecule has 1 N–H and O–H groups in total. The highest BCUT2D eigenvalue weighted by molar-refractivity contribution is 4.81. The zero-order valence-corrected chi connectivity index (χ0v) is 9.87. The molecular weight excluding hydrogens is 174 g/mol. The van der Waals surface area contributed by atoms with Gasteiger partial charge in [-0.05, 0) is 39.7 Å². The molecule has 0 amide bonds. The minimum absolute atomic E-state index is 0.206. The highest BCUT2D eigenvalue weighted by Crippen LogP contribution is 2.22. The van der Waals surface area contributed by atoms with Crippen molar-refractivity contribution < 1.29 is 5.11 Å². The van der Waals surface area contributed by atoms with Crippen molar-refractivity contribution in [1.29, 1.82) is 0 Å². The number of likely N-dealkylation sites (tertiary alicyclic amines) is 1. The summed E-state index contributed by atoms with van der Waals surface area (Å²) in [6, 6.07) is 1.01. The van der Waals surface area contributed by atoms with Crippen LogP contribution < -0.4 is 0 Å². The lowest BCUT2D eigenvalue weighted by molar-refractivity contribution is 0.0431. The molecule has 1 aliphatic rings. The van der Waals surface area contributed by atoms with Gasteiger partial charge in [-0.3, -0.25) is 4.90 Å². The molecule has 14 heavy (non-hydrogen) atoms. The smallest absolute Gasteiger partial charge is 0.0664 e. The van der Waals surface area contributed by atoms with Gasteiger partial charge in [0.1, 0.15) is 0 Å². The zero-order chi connectivity index (χ0) is 10.6. The van der Waals surface area contributed by atoms with E-state index >= 15 is 0 Å². The fourth-order valence-electron chi connectivity index (χ4n) is 2.45. The molecule has 1 aliphatic heterocycles. The minimum atomic E-state index is -0.206. The van der Waals surface area contributed by atoms with Gasteiger partial charge in [0, 0.05) is 12.1 Å². The van der Waals surface area contributed by atoms with Gasteiger partial charge in [-0.1, -0.05) is 19.8 Å². The summed E-state index contributed by atoms with van der Waals surface area (Å²) in [5.41, 5.74) is 0. The van der Waals surface area contributed by atoms with E-state index < -0.39 is 0 Å². The molecule has 0 bridgehead atoms. The lowest BCUT2D eigenvalue weighted by Gasteiger charge is -2.36. The van der Waals surface area contributed by atoms with E-state index in [9.17, 15) is 5.11 Å². The van der Waals surface area contributed by atoms with Crippen LogP contribution >= 0.6 is 0 Å². The first-order chi connectivity index (χ1) is 6.66. The predicted molar refractivity (Wildman–Crippen MR) is 60.4 cm³/mol. The van der Waals surface area contributed by atoms with Gasteiger partial charge in [-0.15, -0.1) is 0 Å². The van der Waals surface area contributed by atoms with Crippen molar-refractivity contribution in [2.45, 2.75) is 71.1 Å². The van der Waals surface area contributed by atoms with E-state index in [0.29, 0.717) is 12.1 Å². The molecule has 2 nitrogen and oxygen atoms in total. The number of aliphatic hydroxyl groups excluding tert-OH is 1. The molecule has 0 aliphatic carbocycles. The van der Waals surface area contributed by atoms with Crippen molar-refractivity contribution in [3.63, 3.8) is 0 Å². The Balaban J connectivity index is 2.60. The molecule has 3 unspecified atom stereocenters. The third-order valence-electron chi connectivity index (χ3n) is 3.62. The van der Waals surface area contributed by atoms with Crippen molar-refractivity contribution in [2.75, 3.05) is 6.54 Å². The molecule has 0 aromatic carbocycles. The second kappa shape index (κ2) is 5.72. The number of aliphatic hydroxyl groups is 1. The van der Waals surface area contributed by atoms with E-state index in [1.807, 2.05) is 6.92 Å². The van der Waals surface area contributed by atoms with Crippen LogP contribution in [0.2, 0.25) is 0 Å². The van der Waals surface area contributed by atoms with Crippen molar-refractivity contribution >= 4 is 0 Å². The largest absolute Gasteiger partial charge is 0.392 e. The second-order valence-electron chi connectivity index (χ2n) is 4.63. The monoisotopic (exact) mass is 199 g/mol. The van der Waals surface area contributed by atoms with Crippen LogP contribution in [0.25, 0.3) is 0 Å². The van der Waals surface area contributed by atoms with Crippen molar-refractivity contribution in [1.82, 2.24) is 4.90 Å². The van der Waals surface area contributed by atoms with Crippen molar-refractivity contribution in [2.24, 2.45) is 0 Å². The Kier molecular flexibility index (Phi) is 4.90. The summed E-state index contributed by atoms with van der Waals surface area (Å²) in [4.78, 5) is 2.51. The van der Waals surface area contributed by atoms with Crippen molar-refractivity contribution in [3.8, 4) is 0 Å². The molecule has 1 heterocycles. The Hall–Kier alpha value is -0.0800. The maximum atomic E-state index is 9.64. The average molecular weight is 199 g/mol. The maximum absolute atomic E-state index is 9.64. The summed E-state index contributed by atoms with van der Waals surface area (Å²) in [7, 11) is 0. The molecule has 2 heteroatoms. The van der Waals surface area contributed by atoms with Crippen LogP contribution in [0.5, 0.6) is 0 Å². The third-order valence-corrected chi connectivity index (χ3v) is 3.62. The number of rotatable bonds is 3. The minimum Gasteiger partial charge on any atom is -0.392 e. The summed E-state index contributed by atoms with van der Waals surface area (Å²) in [6.07, 6.45) is 6.35. The van der Waals surface area contributed by atoms with Gasteiger partial charge in [0.05, 0.1) is 6.10 Å². The molecule has 1 rings (SSSR count). The fraction of sp³-hybridized carbons (Fsp3) is 1.00. The lowest BCUT2D eigenvalue weighted by Crippen LogP contribution is -2.46. The Morgan fingerprint density at radius 1 is 1.29 bits per heavy atom. The van der Waals surface area contributed by atoms with Crippen LogP contribution in [0.3, 0.4) is 0 Å². The Morgan fingerprint density at radius 3 is 2.57 bits per heavy atom. The summed E-state index contributed by atoms with van der Waals surface area (Å²) < 4.78 is 0. The normalized spacial score (nSPS) is 29.6. The molecule has 0 spiro atoms. The van der Waals surface area contributed by atoms with E-state index in [1.54, 1.807) is 0 Å². The van der Waals surface area contributed by atoms with Crippen LogP contribution in [-0.4, -0.2) is 34.7 Å². The maximum Gasteiger partial charge on any atom is 0.0664 e. The fourth-order valence-corrected chi connectivity index (χ4v) is 2.45. The van der Waals surface area contributed by atoms with Gasteiger partial charge in [0.15, 0.2) is 0 Å². The molecule has 3 atom stereocenters. The number of hydrogen-bond acceptors (Lipinski definition) is 2. The summed E-state index contributed by atoms with van der Waals surface area (Å²) >= 11 is 0. The van der Waals surface area contributed by atoms with Crippen LogP contribution in [0.15, 0.2) is 0 Å². The molecule has 1 saturated heterocycles. The first kappa shape index (κ1) is 12.0. The standard InChI is InChI=1S/C12H25NO/c1-4-12-8-6-5-7-9-13(12)10(2)11(3)14/h10-12,14H,4-9H2,1-3H3. The van der Waals surface area contributed by atoms with E-state index in [0.717, 1.165) is 0 Å². The quantitative estimate of drug-likeness (QED) is 0.754. The van der Waals surface area contributed by atoms with Crippen LogP contribution in [0, 0.1) is 0 Å².